The van der Waals surface area contributed by atoms with E-state index in [9.17, 15) is 14.0 Å². The van der Waals surface area contributed by atoms with Crippen molar-refractivity contribution in [2.45, 2.75) is 0 Å². The second-order valence-corrected chi connectivity index (χ2v) is 7.41. The van der Waals surface area contributed by atoms with Gasteiger partial charge in [-0.25, -0.2) is 4.39 Å². The Bertz CT molecular complexity index is 1360. The molecule has 1 heterocycles. The van der Waals surface area contributed by atoms with Gasteiger partial charge in [-0.05, 0) is 48.0 Å². The Hall–Kier alpha value is -3.84. The number of amides is 2. The molecule has 0 unspecified atom stereocenters. The minimum Gasteiger partial charge on any atom is -0.496 e. The third kappa shape index (κ3) is 3.67. The van der Waals surface area contributed by atoms with Crippen LogP contribution in [-0.4, -0.2) is 26.0 Å². The number of nitrogens with one attached hydrogen (secondary N) is 1. The van der Waals surface area contributed by atoms with Crippen LogP contribution in [0.4, 0.5) is 4.39 Å². The monoisotopic (exact) mass is 452 g/mol. The number of nitrogens with two attached hydrogens (primary N) is 1. The number of hydrogen-bond donors (Lipinski definition) is 2. The van der Waals surface area contributed by atoms with Crippen LogP contribution in [0.5, 0.6) is 5.75 Å². The van der Waals surface area contributed by atoms with Crippen molar-refractivity contribution < 1.29 is 23.1 Å². The fourth-order valence-electron chi connectivity index (χ4n) is 3.56. The van der Waals surface area contributed by atoms with E-state index in [4.69, 9.17) is 26.5 Å². The summed E-state index contributed by atoms with van der Waals surface area (Å²) in [4.78, 5) is 24.6. The number of rotatable bonds is 5. The molecule has 4 aromatic rings. The van der Waals surface area contributed by atoms with E-state index in [2.05, 4.69) is 5.32 Å². The van der Waals surface area contributed by atoms with Crippen LogP contribution >= 0.6 is 11.6 Å². The molecule has 0 spiro atoms. The first-order valence-corrected chi connectivity index (χ1v) is 9.94. The van der Waals surface area contributed by atoms with E-state index in [1.807, 2.05) is 0 Å². The lowest BCUT2D eigenvalue weighted by molar-refractivity contribution is 0.0962. The molecule has 32 heavy (non-hydrogen) atoms. The Balaban J connectivity index is 1.95. The van der Waals surface area contributed by atoms with Gasteiger partial charge in [0.15, 0.2) is 0 Å². The van der Waals surface area contributed by atoms with Gasteiger partial charge in [-0.2, -0.15) is 0 Å². The number of carbonyl (C=O) groups excluding carboxylic acids is 2. The molecule has 8 heteroatoms. The molecule has 0 atom stereocenters. The number of carbonyl (C=O) groups is 2. The highest BCUT2D eigenvalue weighted by atomic mass is 35.5. The van der Waals surface area contributed by atoms with Crippen molar-refractivity contribution in [2.75, 3.05) is 14.2 Å². The van der Waals surface area contributed by atoms with E-state index >= 15 is 0 Å². The lowest BCUT2D eigenvalue weighted by atomic mass is 9.98. The molecule has 1 aromatic heterocycles. The molecule has 0 radical (unpaired) electrons. The number of halogens is 2. The number of primary amides is 1. The van der Waals surface area contributed by atoms with E-state index in [0.29, 0.717) is 44.0 Å². The van der Waals surface area contributed by atoms with Gasteiger partial charge in [-0.1, -0.05) is 17.7 Å². The van der Waals surface area contributed by atoms with Crippen molar-refractivity contribution in [2.24, 2.45) is 5.73 Å². The Labute approximate surface area is 187 Å². The average molecular weight is 453 g/mol. The molecule has 3 aromatic carbocycles. The Morgan fingerprint density at radius 2 is 1.75 bits per heavy atom. The molecular formula is C24H18ClFN2O4. The summed E-state index contributed by atoms with van der Waals surface area (Å²) in [6.45, 7) is 0. The highest BCUT2D eigenvalue weighted by molar-refractivity contribution is 6.33. The van der Waals surface area contributed by atoms with Gasteiger partial charge < -0.3 is 20.2 Å². The molecule has 0 bridgehead atoms. The lowest BCUT2D eigenvalue weighted by Crippen LogP contribution is -2.18. The predicted molar refractivity (Wildman–Crippen MR) is 121 cm³/mol. The van der Waals surface area contributed by atoms with Crippen LogP contribution in [0.15, 0.2) is 59.0 Å². The van der Waals surface area contributed by atoms with E-state index < -0.39 is 11.7 Å². The van der Waals surface area contributed by atoms with Crippen LogP contribution in [0.2, 0.25) is 5.02 Å². The number of hydrogen-bond acceptors (Lipinski definition) is 4. The number of methoxy groups -OCH3 is 1. The number of furan rings is 1. The summed E-state index contributed by atoms with van der Waals surface area (Å²) in [6.07, 6.45) is 0. The molecule has 0 saturated carbocycles. The minimum atomic E-state index is -0.659. The highest BCUT2D eigenvalue weighted by Crippen LogP contribution is 2.39. The first-order valence-electron chi connectivity index (χ1n) is 9.56. The summed E-state index contributed by atoms with van der Waals surface area (Å²) in [7, 11) is 2.93. The van der Waals surface area contributed by atoms with Crippen molar-refractivity contribution in [3.8, 4) is 28.2 Å². The molecule has 0 fully saturated rings. The Morgan fingerprint density at radius 1 is 1.06 bits per heavy atom. The van der Waals surface area contributed by atoms with Crippen molar-refractivity contribution >= 4 is 34.4 Å². The number of benzene rings is 3. The van der Waals surface area contributed by atoms with Crippen molar-refractivity contribution in [3.63, 3.8) is 0 Å². The zero-order chi connectivity index (χ0) is 23.0. The van der Waals surface area contributed by atoms with Crippen LogP contribution in [0, 0.1) is 5.82 Å². The zero-order valence-electron chi connectivity index (χ0n) is 17.2. The summed E-state index contributed by atoms with van der Waals surface area (Å²) < 4.78 is 24.5. The molecular weight excluding hydrogens is 435 g/mol. The molecule has 6 nitrogen and oxygen atoms in total. The molecule has 3 N–H and O–H groups in total. The summed E-state index contributed by atoms with van der Waals surface area (Å²) in [5.41, 5.74) is 8.16. The Morgan fingerprint density at radius 3 is 2.38 bits per heavy atom. The van der Waals surface area contributed by atoms with E-state index in [1.165, 1.54) is 32.4 Å². The molecule has 162 valence electrons. The fourth-order valence-corrected chi connectivity index (χ4v) is 3.82. The molecule has 2 amide bonds. The van der Waals surface area contributed by atoms with Gasteiger partial charge in [0.1, 0.15) is 22.9 Å². The molecule has 0 aliphatic carbocycles. The summed E-state index contributed by atoms with van der Waals surface area (Å²) in [5, 5.41) is 3.49. The summed E-state index contributed by atoms with van der Waals surface area (Å²) in [5.74, 6) is -0.837. The van der Waals surface area contributed by atoms with Gasteiger partial charge in [-0.3, -0.25) is 9.59 Å². The summed E-state index contributed by atoms with van der Waals surface area (Å²) >= 11 is 6.45. The molecule has 0 aliphatic rings. The maximum absolute atomic E-state index is 13.4. The normalized spacial score (nSPS) is 10.9. The highest BCUT2D eigenvalue weighted by Gasteiger charge is 2.23. The second-order valence-electron chi connectivity index (χ2n) is 7.00. The lowest BCUT2D eigenvalue weighted by Gasteiger charge is -2.11. The number of ether oxygens (including phenoxy) is 1. The van der Waals surface area contributed by atoms with Gasteiger partial charge in [0.05, 0.1) is 23.3 Å². The van der Waals surface area contributed by atoms with Crippen molar-refractivity contribution in [3.05, 3.63) is 76.6 Å². The topological polar surface area (TPSA) is 94.6 Å². The van der Waals surface area contributed by atoms with Gasteiger partial charge >= 0.3 is 0 Å². The number of fused-ring (bicyclic) bond motifs is 1. The Kier molecular flexibility index (Phi) is 5.59. The van der Waals surface area contributed by atoms with Crippen molar-refractivity contribution in [1.29, 1.82) is 0 Å². The smallest absolute Gasteiger partial charge is 0.255 e. The van der Waals surface area contributed by atoms with Crippen LogP contribution < -0.4 is 15.8 Å². The van der Waals surface area contributed by atoms with Crippen LogP contribution in [-0.2, 0) is 0 Å². The third-order valence-electron chi connectivity index (χ3n) is 5.11. The largest absolute Gasteiger partial charge is 0.496 e. The van der Waals surface area contributed by atoms with E-state index in [0.717, 1.165) is 0 Å². The molecule has 4 rings (SSSR count). The van der Waals surface area contributed by atoms with Gasteiger partial charge in [0.2, 0.25) is 0 Å². The molecule has 0 saturated heterocycles. The zero-order valence-corrected chi connectivity index (χ0v) is 17.9. The maximum Gasteiger partial charge on any atom is 0.255 e. The van der Waals surface area contributed by atoms with Gasteiger partial charge in [0, 0.05) is 29.6 Å². The van der Waals surface area contributed by atoms with E-state index in [-0.39, 0.29) is 17.2 Å². The van der Waals surface area contributed by atoms with Crippen molar-refractivity contribution in [1.82, 2.24) is 5.32 Å². The standard InChI is InChI=1S/C24H18ClFN2O4/c1-28-24(30)21-16-9-13(15-10-17(23(27)29)20(31-2)11-18(15)25)5-8-19(16)32-22(21)12-3-6-14(26)7-4-12/h3-11H,1-2H3,(H2,27,29)(H,28,30). The quantitative estimate of drug-likeness (QED) is 0.444. The first kappa shape index (κ1) is 21.4. The maximum atomic E-state index is 13.4. The van der Waals surface area contributed by atoms with Crippen LogP contribution in [0.3, 0.4) is 0 Å². The summed E-state index contributed by atoms with van der Waals surface area (Å²) in [6, 6.07) is 13.9. The predicted octanol–water partition coefficient (Wildman–Crippen LogP) is 5.03. The van der Waals surface area contributed by atoms with E-state index in [1.54, 1.807) is 36.4 Å². The minimum absolute atomic E-state index is 0.178. The first-order chi connectivity index (χ1) is 15.3. The van der Waals surface area contributed by atoms with Crippen LogP contribution in [0.25, 0.3) is 33.4 Å². The fraction of sp³-hybridized carbons (Fsp3) is 0.0833. The second kappa shape index (κ2) is 8.36. The SMILES string of the molecule is CNC(=O)c1c(-c2ccc(F)cc2)oc2ccc(-c3cc(C(N)=O)c(OC)cc3Cl)cc12. The van der Waals surface area contributed by atoms with Gasteiger partial charge in [-0.15, -0.1) is 0 Å². The van der Waals surface area contributed by atoms with Gasteiger partial charge in [0.25, 0.3) is 11.8 Å². The molecule has 0 aliphatic heterocycles. The van der Waals surface area contributed by atoms with Crippen LogP contribution in [0.1, 0.15) is 20.7 Å². The third-order valence-corrected chi connectivity index (χ3v) is 5.43. The average Bonchev–Trinajstić information content (AvgIpc) is 3.17.